The summed E-state index contributed by atoms with van der Waals surface area (Å²) in [6.07, 6.45) is -1.05. The molecule has 46 valence electrons. The Labute approximate surface area is 42.3 Å². The maximum absolute atomic E-state index is 11.2. The van der Waals surface area contributed by atoms with E-state index in [0.29, 0.717) is 0 Å². The summed E-state index contributed by atoms with van der Waals surface area (Å²) in [6, 6.07) is -2.92. The van der Waals surface area contributed by atoms with Crippen molar-refractivity contribution >= 4 is 12.3 Å². The summed E-state index contributed by atoms with van der Waals surface area (Å²) >= 11 is 0. The van der Waals surface area contributed by atoms with Crippen molar-refractivity contribution in [3.05, 3.63) is 0 Å². The second-order valence-electron chi connectivity index (χ2n) is 1.01. The lowest BCUT2D eigenvalue weighted by molar-refractivity contribution is -0.158. The van der Waals surface area contributed by atoms with E-state index in [1.807, 2.05) is 0 Å². The molecule has 0 aromatic carbocycles. The number of aldehydes is 1. The summed E-state index contributed by atoms with van der Waals surface area (Å²) in [5.74, 6) is -4.44. The first-order valence-electron chi connectivity index (χ1n) is 1.55. The van der Waals surface area contributed by atoms with Crippen LogP contribution in [0, 0.1) is 0 Å². The maximum Gasteiger partial charge on any atom is 0.390 e. The van der Waals surface area contributed by atoms with Crippen LogP contribution in [-0.2, 0) is 9.59 Å². The average Bonchev–Trinajstić information content (AvgIpc) is 1.67. The SMILES string of the molecule is O=CC(F)(F)C(=O)F. The minimum absolute atomic E-state index is 1.05. The van der Waals surface area contributed by atoms with Crippen LogP contribution in [0.25, 0.3) is 0 Å². The molecule has 0 saturated heterocycles. The summed E-state index contributed by atoms with van der Waals surface area (Å²) in [5, 5.41) is 0. The Morgan fingerprint density at radius 3 is 1.88 bits per heavy atom. The summed E-state index contributed by atoms with van der Waals surface area (Å²) in [7, 11) is 0. The monoisotopic (exact) mass is 126 g/mol. The molecule has 0 atom stereocenters. The highest BCUT2D eigenvalue weighted by Gasteiger charge is 2.38. The lowest BCUT2D eigenvalue weighted by atomic mass is 10.4. The molecule has 0 N–H and O–H groups in total. The third kappa shape index (κ3) is 1.32. The second kappa shape index (κ2) is 1.94. The second-order valence-corrected chi connectivity index (χ2v) is 1.01. The third-order valence-corrected chi connectivity index (χ3v) is 0.410. The fraction of sp³-hybridized carbons (Fsp3) is 0.333. The zero-order valence-electron chi connectivity index (χ0n) is 3.53. The van der Waals surface area contributed by atoms with E-state index < -0.39 is 18.2 Å². The highest BCUT2D eigenvalue weighted by atomic mass is 19.3. The molecule has 0 amide bonds. The quantitative estimate of drug-likeness (QED) is 0.303. The van der Waals surface area contributed by atoms with Gasteiger partial charge in [0.05, 0.1) is 0 Å². The van der Waals surface area contributed by atoms with Gasteiger partial charge in [0.15, 0.2) is 6.29 Å². The molecule has 0 bridgehead atoms. The first kappa shape index (κ1) is 7.13. The van der Waals surface area contributed by atoms with Gasteiger partial charge in [-0.15, -0.1) is 0 Å². The molecule has 0 aliphatic heterocycles. The molecule has 0 saturated carbocycles. The molecule has 2 nitrogen and oxygen atoms in total. The van der Waals surface area contributed by atoms with Gasteiger partial charge in [-0.1, -0.05) is 0 Å². The van der Waals surface area contributed by atoms with Crippen LogP contribution in [-0.4, -0.2) is 18.2 Å². The van der Waals surface area contributed by atoms with E-state index in [2.05, 4.69) is 0 Å². The highest BCUT2D eigenvalue weighted by Crippen LogP contribution is 2.10. The van der Waals surface area contributed by atoms with Crippen LogP contribution in [0.4, 0.5) is 13.2 Å². The smallest absolute Gasteiger partial charge is 0.296 e. The van der Waals surface area contributed by atoms with Gasteiger partial charge >= 0.3 is 12.0 Å². The van der Waals surface area contributed by atoms with Crippen molar-refractivity contribution in [1.82, 2.24) is 0 Å². The van der Waals surface area contributed by atoms with Crippen LogP contribution < -0.4 is 0 Å². The van der Waals surface area contributed by atoms with E-state index in [1.165, 1.54) is 0 Å². The summed E-state index contributed by atoms with van der Waals surface area (Å²) < 4.78 is 33.2. The largest absolute Gasteiger partial charge is 0.390 e. The molecule has 0 radical (unpaired) electrons. The van der Waals surface area contributed by atoms with Gasteiger partial charge in [0, 0.05) is 0 Å². The molecular formula is C3HF3O2. The van der Waals surface area contributed by atoms with E-state index >= 15 is 0 Å². The number of carbonyl (C=O) groups excluding carboxylic acids is 2. The summed E-state index contributed by atoms with van der Waals surface area (Å²) in [5.41, 5.74) is 0. The number of hydrogen-bond acceptors (Lipinski definition) is 2. The molecule has 0 unspecified atom stereocenters. The molecule has 5 heteroatoms. The van der Waals surface area contributed by atoms with E-state index in [0.717, 1.165) is 0 Å². The van der Waals surface area contributed by atoms with Gasteiger partial charge in [-0.2, -0.15) is 13.2 Å². The summed E-state index contributed by atoms with van der Waals surface area (Å²) in [4.78, 5) is 18.1. The molecular weight excluding hydrogens is 125 g/mol. The van der Waals surface area contributed by atoms with E-state index in [9.17, 15) is 13.2 Å². The third-order valence-electron chi connectivity index (χ3n) is 0.410. The number of rotatable bonds is 2. The topological polar surface area (TPSA) is 34.1 Å². The Balaban J connectivity index is 4.12. The molecule has 0 fully saturated rings. The zero-order chi connectivity index (χ0) is 6.78. The standard InChI is InChI=1S/C3HF3O2/c4-2(8)3(5,6)1-7/h1H. The predicted molar refractivity (Wildman–Crippen MR) is 17.1 cm³/mol. The van der Waals surface area contributed by atoms with Crippen LogP contribution in [0.2, 0.25) is 0 Å². The zero-order valence-corrected chi connectivity index (χ0v) is 3.53. The first-order valence-corrected chi connectivity index (χ1v) is 1.55. The molecule has 0 aromatic heterocycles. The maximum atomic E-state index is 11.2. The Kier molecular flexibility index (Phi) is 1.72. The van der Waals surface area contributed by atoms with Crippen LogP contribution >= 0.6 is 0 Å². The Bertz CT molecular complexity index is 120. The van der Waals surface area contributed by atoms with Gasteiger partial charge in [0.1, 0.15) is 0 Å². The highest BCUT2D eigenvalue weighted by molar-refractivity contribution is 5.93. The van der Waals surface area contributed by atoms with Gasteiger partial charge in [-0.25, -0.2) is 0 Å². The average molecular weight is 126 g/mol. The van der Waals surface area contributed by atoms with Crippen molar-refractivity contribution < 1.29 is 22.8 Å². The van der Waals surface area contributed by atoms with Crippen LogP contribution in [0.1, 0.15) is 0 Å². The lowest BCUT2D eigenvalue weighted by Gasteiger charge is -1.95. The van der Waals surface area contributed by atoms with Gasteiger partial charge in [0.2, 0.25) is 0 Å². The number of halogens is 3. The molecule has 0 aliphatic carbocycles. The fourth-order valence-electron chi connectivity index (χ4n) is 0.0463. The molecule has 0 aliphatic rings. The molecule has 0 heterocycles. The normalized spacial score (nSPS) is 10.9. The molecule has 8 heavy (non-hydrogen) atoms. The van der Waals surface area contributed by atoms with E-state index in [1.54, 1.807) is 0 Å². The number of carbonyl (C=O) groups is 2. The van der Waals surface area contributed by atoms with Crippen molar-refractivity contribution in [3.63, 3.8) is 0 Å². The lowest BCUT2D eigenvalue weighted by Crippen LogP contribution is -2.26. The van der Waals surface area contributed by atoms with Crippen LogP contribution in [0.5, 0.6) is 0 Å². The Morgan fingerprint density at radius 2 is 1.88 bits per heavy atom. The van der Waals surface area contributed by atoms with Gasteiger partial charge in [-0.3, -0.25) is 9.59 Å². The molecule has 0 spiro atoms. The van der Waals surface area contributed by atoms with Crippen molar-refractivity contribution in [3.8, 4) is 0 Å². The predicted octanol–water partition coefficient (Wildman–Crippen LogP) is 0.317. The van der Waals surface area contributed by atoms with Crippen molar-refractivity contribution in [2.45, 2.75) is 5.92 Å². The van der Waals surface area contributed by atoms with Crippen LogP contribution in [0.15, 0.2) is 0 Å². The molecule has 0 aromatic rings. The summed E-state index contributed by atoms with van der Waals surface area (Å²) in [6.45, 7) is 0. The van der Waals surface area contributed by atoms with Gasteiger partial charge in [0.25, 0.3) is 0 Å². The Morgan fingerprint density at radius 1 is 1.50 bits per heavy atom. The van der Waals surface area contributed by atoms with E-state index in [-0.39, 0.29) is 0 Å². The molecule has 0 rings (SSSR count). The minimum Gasteiger partial charge on any atom is -0.296 e. The van der Waals surface area contributed by atoms with Gasteiger partial charge < -0.3 is 0 Å². The number of alkyl halides is 2. The van der Waals surface area contributed by atoms with Crippen LogP contribution in [0.3, 0.4) is 0 Å². The van der Waals surface area contributed by atoms with Crippen molar-refractivity contribution in [1.29, 1.82) is 0 Å². The Hall–Kier alpha value is -0.870. The number of hydrogen-bond donors (Lipinski definition) is 0. The van der Waals surface area contributed by atoms with Gasteiger partial charge in [-0.05, 0) is 0 Å². The van der Waals surface area contributed by atoms with Crippen molar-refractivity contribution in [2.75, 3.05) is 0 Å². The fourth-order valence-corrected chi connectivity index (χ4v) is 0.0463. The minimum atomic E-state index is -4.44. The first-order chi connectivity index (χ1) is 3.50. The van der Waals surface area contributed by atoms with E-state index in [4.69, 9.17) is 9.59 Å². The van der Waals surface area contributed by atoms with Crippen molar-refractivity contribution in [2.24, 2.45) is 0 Å².